The van der Waals surface area contributed by atoms with Crippen molar-refractivity contribution in [3.8, 4) is 11.4 Å². The SMILES string of the molecule is O=C(CSc1nnc(-c2ccncc2)n1CCN1CCOCC1)Nc1cccc(Cl)c1. The summed E-state index contributed by atoms with van der Waals surface area (Å²) >= 11 is 7.35. The number of amides is 1. The Kier molecular flexibility index (Phi) is 7.52. The Morgan fingerprint density at radius 2 is 1.94 bits per heavy atom. The number of morpholine rings is 1. The molecule has 1 saturated heterocycles. The molecule has 10 heteroatoms. The lowest BCUT2D eigenvalue weighted by atomic mass is 10.2. The second-order valence-electron chi connectivity index (χ2n) is 6.99. The number of rotatable bonds is 8. The van der Waals surface area contributed by atoms with Crippen molar-refractivity contribution in [2.75, 3.05) is 43.9 Å². The van der Waals surface area contributed by atoms with Crippen LogP contribution in [0, 0.1) is 0 Å². The Morgan fingerprint density at radius 3 is 2.71 bits per heavy atom. The first-order valence-electron chi connectivity index (χ1n) is 10.0. The van der Waals surface area contributed by atoms with Crippen LogP contribution >= 0.6 is 23.4 Å². The molecule has 1 aliphatic rings. The maximum absolute atomic E-state index is 12.4. The van der Waals surface area contributed by atoms with Gasteiger partial charge in [-0.05, 0) is 30.3 Å². The molecule has 3 aromatic rings. The number of aromatic nitrogens is 4. The molecule has 0 radical (unpaired) electrons. The first-order valence-corrected chi connectivity index (χ1v) is 11.4. The lowest BCUT2D eigenvalue weighted by Gasteiger charge is -2.27. The fourth-order valence-electron chi connectivity index (χ4n) is 3.27. The predicted octanol–water partition coefficient (Wildman–Crippen LogP) is 3.06. The molecule has 0 bridgehead atoms. The third-order valence-corrected chi connectivity index (χ3v) is 6.04. The van der Waals surface area contributed by atoms with E-state index in [2.05, 4.69) is 30.0 Å². The first kappa shape index (κ1) is 21.8. The van der Waals surface area contributed by atoms with Gasteiger partial charge in [-0.25, -0.2) is 0 Å². The van der Waals surface area contributed by atoms with Gasteiger partial charge in [-0.1, -0.05) is 29.4 Å². The number of nitrogens with zero attached hydrogens (tertiary/aromatic N) is 5. The van der Waals surface area contributed by atoms with Gasteiger partial charge >= 0.3 is 0 Å². The molecule has 0 saturated carbocycles. The van der Waals surface area contributed by atoms with Crippen molar-refractivity contribution in [3.63, 3.8) is 0 Å². The lowest BCUT2D eigenvalue weighted by Crippen LogP contribution is -2.38. The van der Waals surface area contributed by atoms with Crippen LogP contribution in [-0.2, 0) is 16.1 Å². The molecule has 1 amide bonds. The van der Waals surface area contributed by atoms with Crippen molar-refractivity contribution in [3.05, 3.63) is 53.8 Å². The molecule has 0 aliphatic carbocycles. The van der Waals surface area contributed by atoms with Gasteiger partial charge in [0, 0.05) is 54.8 Å². The van der Waals surface area contributed by atoms with E-state index in [0.717, 1.165) is 50.8 Å². The lowest BCUT2D eigenvalue weighted by molar-refractivity contribution is -0.113. The third kappa shape index (κ3) is 6.04. The van der Waals surface area contributed by atoms with Gasteiger partial charge in [-0.3, -0.25) is 14.7 Å². The van der Waals surface area contributed by atoms with E-state index in [-0.39, 0.29) is 11.7 Å². The summed E-state index contributed by atoms with van der Waals surface area (Å²) in [6, 6.07) is 10.9. The summed E-state index contributed by atoms with van der Waals surface area (Å²) in [4.78, 5) is 18.9. The zero-order valence-electron chi connectivity index (χ0n) is 16.9. The summed E-state index contributed by atoms with van der Waals surface area (Å²) in [5.41, 5.74) is 1.61. The van der Waals surface area contributed by atoms with Crippen LogP contribution in [0.3, 0.4) is 0 Å². The fourth-order valence-corrected chi connectivity index (χ4v) is 4.23. The number of benzene rings is 1. The molecule has 0 spiro atoms. The van der Waals surface area contributed by atoms with E-state index < -0.39 is 0 Å². The number of carbonyl (C=O) groups is 1. The minimum absolute atomic E-state index is 0.125. The molecule has 31 heavy (non-hydrogen) atoms. The highest BCUT2D eigenvalue weighted by Gasteiger charge is 2.18. The van der Waals surface area contributed by atoms with Crippen LogP contribution in [0.25, 0.3) is 11.4 Å². The molecule has 4 rings (SSSR count). The van der Waals surface area contributed by atoms with Crippen molar-refractivity contribution in [1.82, 2.24) is 24.6 Å². The largest absolute Gasteiger partial charge is 0.379 e. The summed E-state index contributed by atoms with van der Waals surface area (Å²) in [5, 5.41) is 12.9. The number of nitrogens with one attached hydrogen (secondary N) is 1. The van der Waals surface area contributed by atoms with Crippen LogP contribution in [0.1, 0.15) is 0 Å². The van der Waals surface area contributed by atoms with Crippen molar-refractivity contribution < 1.29 is 9.53 Å². The number of halogens is 1. The molecule has 1 aromatic carbocycles. The molecular weight excluding hydrogens is 436 g/mol. The normalized spacial score (nSPS) is 14.5. The van der Waals surface area contributed by atoms with Crippen LogP contribution in [0.4, 0.5) is 5.69 Å². The van der Waals surface area contributed by atoms with Crippen LogP contribution in [0.15, 0.2) is 53.9 Å². The minimum Gasteiger partial charge on any atom is -0.379 e. The van der Waals surface area contributed by atoms with E-state index in [0.29, 0.717) is 15.9 Å². The molecule has 1 N–H and O–H groups in total. The zero-order valence-corrected chi connectivity index (χ0v) is 18.5. The van der Waals surface area contributed by atoms with E-state index >= 15 is 0 Å². The van der Waals surface area contributed by atoms with Gasteiger partial charge in [-0.15, -0.1) is 10.2 Å². The Labute approximate surface area is 190 Å². The Morgan fingerprint density at radius 1 is 1.13 bits per heavy atom. The van der Waals surface area contributed by atoms with Crippen molar-refractivity contribution in [2.45, 2.75) is 11.7 Å². The second kappa shape index (κ2) is 10.7. The van der Waals surface area contributed by atoms with Gasteiger partial charge < -0.3 is 14.6 Å². The molecule has 0 atom stereocenters. The van der Waals surface area contributed by atoms with Gasteiger partial charge in [0.15, 0.2) is 11.0 Å². The van der Waals surface area contributed by atoms with Gasteiger partial charge in [0.2, 0.25) is 5.91 Å². The Hall–Kier alpha value is -2.46. The smallest absolute Gasteiger partial charge is 0.234 e. The van der Waals surface area contributed by atoms with E-state index in [1.54, 1.807) is 36.7 Å². The van der Waals surface area contributed by atoms with Crippen LogP contribution in [0.5, 0.6) is 0 Å². The van der Waals surface area contributed by atoms with Crippen LogP contribution in [0.2, 0.25) is 5.02 Å². The highest BCUT2D eigenvalue weighted by Crippen LogP contribution is 2.24. The molecule has 3 heterocycles. The molecule has 8 nitrogen and oxygen atoms in total. The van der Waals surface area contributed by atoms with Crippen molar-refractivity contribution in [1.29, 1.82) is 0 Å². The quantitative estimate of drug-likeness (QED) is 0.519. The molecule has 2 aromatic heterocycles. The summed E-state index contributed by atoms with van der Waals surface area (Å²) in [6.45, 7) is 4.93. The van der Waals surface area contributed by atoms with E-state index in [9.17, 15) is 4.79 Å². The molecule has 1 aliphatic heterocycles. The van der Waals surface area contributed by atoms with E-state index in [1.807, 2.05) is 12.1 Å². The summed E-state index contributed by atoms with van der Waals surface area (Å²) in [5.74, 6) is 0.868. The van der Waals surface area contributed by atoms with Crippen molar-refractivity contribution in [2.24, 2.45) is 0 Å². The minimum atomic E-state index is -0.125. The molecule has 162 valence electrons. The maximum atomic E-state index is 12.4. The number of anilines is 1. The maximum Gasteiger partial charge on any atom is 0.234 e. The average Bonchev–Trinajstić information content (AvgIpc) is 3.20. The van der Waals surface area contributed by atoms with Crippen LogP contribution in [-0.4, -0.2) is 69.2 Å². The van der Waals surface area contributed by atoms with Gasteiger partial charge in [0.1, 0.15) is 0 Å². The third-order valence-electron chi connectivity index (χ3n) is 4.84. The number of thioether (sulfide) groups is 1. The van der Waals surface area contributed by atoms with E-state index in [1.165, 1.54) is 11.8 Å². The topological polar surface area (TPSA) is 85.2 Å². The number of ether oxygens (including phenoxy) is 1. The monoisotopic (exact) mass is 458 g/mol. The predicted molar refractivity (Wildman–Crippen MR) is 121 cm³/mol. The highest BCUT2D eigenvalue weighted by molar-refractivity contribution is 7.99. The molecule has 0 unspecified atom stereocenters. The van der Waals surface area contributed by atoms with Gasteiger partial charge in [-0.2, -0.15) is 0 Å². The van der Waals surface area contributed by atoms with Gasteiger partial charge in [0.05, 0.1) is 19.0 Å². The van der Waals surface area contributed by atoms with E-state index in [4.69, 9.17) is 16.3 Å². The van der Waals surface area contributed by atoms with Crippen molar-refractivity contribution >= 4 is 35.0 Å². The number of hydrogen-bond acceptors (Lipinski definition) is 7. The summed E-state index contributed by atoms with van der Waals surface area (Å²) < 4.78 is 7.51. The second-order valence-corrected chi connectivity index (χ2v) is 8.37. The Balaban J connectivity index is 1.45. The fraction of sp³-hybridized carbons (Fsp3) is 0.333. The standard InChI is InChI=1S/C21H23ClN6O2S/c22-17-2-1-3-18(14-17)24-19(29)15-31-21-26-25-20(16-4-6-23-7-5-16)28(21)9-8-27-10-12-30-13-11-27/h1-7,14H,8-13,15H2,(H,24,29). The highest BCUT2D eigenvalue weighted by atomic mass is 35.5. The summed E-state index contributed by atoms with van der Waals surface area (Å²) in [6.07, 6.45) is 3.48. The number of carbonyl (C=O) groups excluding carboxylic acids is 1. The Bertz CT molecular complexity index is 1010. The average molecular weight is 459 g/mol. The van der Waals surface area contributed by atoms with Crippen LogP contribution < -0.4 is 5.32 Å². The molecule has 1 fully saturated rings. The number of pyridine rings is 1. The summed E-state index contributed by atoms with van der Waals surface area (Å²) in [7, 11) is 0. The molecular formula is C21H23ClN6O2S. The zero-order chi connectivity index (χ0) is 21.5. The number of hydrogen-bond donors (Lipinski definition) is 1. The first-order chi connectivity index (χ1) is 15.2. The van der Waals surface area contributed by atoms with Gasteiger partial charge in [0.25, 0.3) is 0 Å².